The smallest absolute Gasteiger partial charge is 0.0845 e. The lowest BCUT2D eigenvalue weighted by Crippen LogP contribution is -2.47. The number of nitrogens with zero attached hydrogens (tertiary/aromatic N) is 3. The van der Waals surface area contributed by atoms with Gasteiger partial charge in [0.05, 0.1) is 11.5 Å². The minimum absolute atomic E-state index is 0.306. The summed E-state index contributed by atoms with van der Waals surface area (Å²) in [7, 11) is 0. The van der Waals surface area contributed by atoms with Crippen LogP contribution >= 0.6 is 0 Å². The first kappa shape index (κ1) is 25.5. The van der Waals surface area contributed by atoms with Crippen LogP contribution in [-0.2, 0) is 5.41 Å². The van der Waals surface area contributed by atoms with Gasteiger partial charge in [0, 0.05) is 26.2 Å². The largest absolute Gasteiger partial charge is 0.301 e. The molecule has 3 rings (SSSR count). The van der Waals surface area contributed by atoms with Crippen molar-refractivity contribution in [1.82, 2.24) is 9.80 Å². The molecule has 2 aromatic carbocycles. The maximum Gasteiger partial charge on any atom is 0.0845 e. The van der Waals surface area contributed by atoms with E-state index >= 15 is 0 Å². The molecule has 1 aliphatic heterocycles. The lowest BCUT2D eigenvalue weighted by molar-refractivity contribution is 0.124. The van der Waals surface area contributed by atoms with Crippen molar-refractivity contribution in [3.8, 4) is 6.07 Å². The lowest BCUT2D eigenvalue weighted by Gasteiger charge is -2.37. The van der Waals surface area contributed by atoms with Crippen LogP contribution in [0.15, 0.2) is 60.7 Å². The first-order chi connectivity index (χ1) is 16.0. The van der Waals surface area contributed by atoms with E-state index in [1.54, 1.807) is 0 Å². The summed E-state index contributed by atoms with van der Waals surface area (Å²) in [5.74, 6) is 1.61. The standard InChI is InChI=1S/C30H43N3/c1-25(2)29(27-12-7-5-8-13-27)16-19-33-22-20-32(21-23-33)18-11-17-30(24-31,26(3)4)28-14-9-6-10-15-28/h5-10,12-15,25-26,29H,11,16-23H2,1-4H3. The lowest BCUT2D eigenvalue weighted by atomic mass is 9.70. The van der Waals surface area contributed by atoms with Crippen molar-refractivity contribution >= 4 is 0 Å². The second kappa shape index (κ2) is 12.4. The highest BCUT2D eigenvalue weighted by molar-refractivity contribution is 5.33. The fourth-order valence-corrected chi connectivity index (χ4v) is 5.48. The highest BCUT2D eigenvalue weighted by Crippen LogP contribution is 2.36. The van der Waals surface area contributed by atoms with Crippen LogP contribution in [0.4, 0.5) is 0 Å². The van der Waals surface area contributed by atoms with E-state index in [1.165, 1.54) is 24.1 Å². The second-order valence-electron chi connectivity index (χ2n) is 10.4. The molecule has 1 fully saturated rings. The zero-order valence-electron chi connectivity index (χ0n) is 21.2. The van der Waals surface area contributed by atoms with Gasteiger partial charge in [0.2, 0.25) is 0 Å². The van der Waals surface area contributed by atoms with Gasteiger partial charge in [0.15, 0.2) is 0 Å². The molecule has 3 heteroatoms. The molecule has 0 amide bonds. The van der Waals surface area contributed by atoms with Gasteiger partial charge >= 0.3 is 0 Å². The van der Waals surface area contributed by atoms with E-state index in [0.29, 0.717) is 17.8 Å². The maximum absolute atomic E-state index is 10.1. The minimum Gasteiger partial charge on any atom is -0.301 e. The molecule has 0 saturated carbocycles. The molecule has 0 aliphatic carbocycles. The number of benzene rings is 2. The van der Waals surface area contributed by atoms with Crippen molar-refractivity contribution in [3.63, 3.8) is 0 Å². The summed E-state index contributed by atoms with van der Waals surface area (Å²) in [6.07, 6.45) is 3.24. The number of rotatable bonds is 11. The summed E-state index contributed by atoms with van der Waals surface area (Å²) in [5.41, 5.74) is 2.27. The van der Waals surface area contributed by atoms with Gasteiger partial charge in [-0.05, 0) is 61.2 Å². The van der Waals surface area contributed by atoms with Gasteiger partial charge in [-0.2, -0.15) is 5.26 Å². The fourth-order valence-electron chi connectivity index (χ4n) is 5.48. The Morgan fingerprint density at radius 1 is 0.818 bits per heavy atom. The summed E-state index contributed by atoms with van der Waals surface area (Å²) in [5, 5.41) is 10.1. The van der Waals surface area contributed by atoms with Gasteiger partial charge in [-0.1, -0.05) is 88.4 Å². The third kappa shape index (κ3) is 6.69. The Kier molecular flexibility index (Phi) is 9.53. The first-order valence-corrected chi connectivity index (χ1v) is 12.9. The molecule has 33 heavy (non-hydrogen) atoms. The van der Waals surface area contributed by atoms with E-state index in [1.807, 2.05) is 6.07 Å². The SMILES string of the molecule is CC(C)C(CCN1CCN(CCCC(C#N)(c2ccccc2)C(C)C)CC1)c1ccccc1. The number of hydrogen-bond donors (Lipinski definition) is 0. The van der Waals surface area contributed by atoms with Gasteiger partial charge in [-0.25, -0.2) is 0 Å². The molecule has 1 aliphatic rings. The number of hydrogen-bond acceptors (Lipinski definition) is 3. The van der Waals surface area contributed by atoms with Crippen molar-refractivity contribution in [3.05, 3.63) is 71.8 Å². The molecule has 1 heterocycles. The van der Waals surface area contributed by atoms with Gasteiger partial charge < -0.3 is 9.80 Å². The van der Waals surface area contributed by atoms with Crippen molar-refractivity contribution in [1.29, 1.82) is 5.26 Å². The molecule has 2 aromatic rings. The zero-order chi connectivity index (χ0) is 23.7. The molecule has 1 saturated heterocycles. The molecular formula is C30H43N3. The quantitative estimate of drug-likeness (QED) is 0.405. The Labute approximate surface area is 202 Å². The molecule has 2 unspecified atom stereocenters. The second-order valence-corrected chi connectivity index (χ2v) is 10.4. The van der Waals surface area contributed by atoms with Crippen LogP contribution < -0.4 is 0 Å². The van der Waals surface area contributed by atoms with Crippen molar-refractivity contribution < 1.29 is 0 Å². The maximum atomic E-state index is 10.1. The molecule has 2 atom stereocenters. The highest BCUT2D eigenvalue weighted by Gasteiger charge is 2.35. The van der Waals surface area contributed by atoms with Gasteiger partial charge in [-0.15, -0.1) is 0 Å². The number of piperazine rings is 1. The molecule has 0 radical (unpaired) electrons. The molecule has 0 bridgehead atoms. The highest BCUT2D eigenvalue weighted by atomic mass is 15.3. The summed E-state index contributed by atoms with van der Waals surface area (Å²) in [6.45, 7) is 16.0. The summed E-state index contributed by atoms with van der Waals surface area (Å²) in [4.78, 5) is 5.24. The van der Waals surface area contributed by atoms with Crippen molar-refractivity contribution in [2.45, 2.75) is 58.3 Å². The van der Waals surface area contributed by atoms with Crippen LogP contribution in [0.5, 0.6) is 0 Å². The molecule has 178 valence electrons. The predicted molar refractivity (Wildman–Crippen MR) is 139 cm³/mol. The van der Waals surface area contributed by atoms with E-state index < -0.39 is 0 Å². The van der Waals surface area contributed by atoms with E-state index in [0.717, 1.165) is 45.6 Å². The Balaban J connectivity index is 1.45. The fraction of sp³-hybridized carbons (Fsp3) is 0.567. The van der Waals surface area contributed by atoms with Crippen LogP contribution in [0.25, 0.3) is 0 Å². The summed E-state index contributed by atoms with van der Waals surface area (Å²) in [6, 6.07) is 24.1. The van der Waals surface area contributed by atoms with Gasteiger partial charge in [0.25, 0.3) is 0 Å². The topological polar surface area (TPSA) is 30.3 Å². The first-order valence-electron chi connectivity index (χ1n) is 12.9. The normalized spacial score (nSPS) is 18.2. The van der Waals surface area contributed by atoms with E-state index in [4.69, 9.17) is 0 Å². The zero-order valence-corrected chi connectivity index (χ0v) is 21.2. The monoisotopic (exact) mass is 445 g/mol. The Morgan fingerprint density at radius 2 is 1.36 bits per heavy atom. The Morgan fingerprint density at radius 3 is 1.88 bits per heavy atom. The Hall–Kier alpha value is -2.15. The van der Waals surface area contributed by atoms with E-state index in [-0.39, 0.29) is 5.41 Å². The van der Waals surface area contributed by atoms with Crippen LogP contribution in [-0.4, -0.2) is 49.1 Å². The van der Waals surface area contributed by atoms with Gasteiger partial charge in [0.1, 0.15) is 0 Å². The summed E-state index contributed by atoms with van der Waals surface area (Å²) >= 11 is 0. The van der Waals surface area contributed by atoms with Crippen LogP contribution in [0.2, 0.25) is 0 Å². The molecule has 0 aromatic heterocycles. The molecule has 0 N–H and O–H groups in total. The van der Waals surface area contributed by atoms with Crippen LogP contribution in [0.3, 0.4) is 0 Å². The average molecular weight is 446 g/mol. The minimum atomic E-state index is -0.383. The van der Waals surface area contributed by atoms with Crippen LogP contribution in [0.1, 0.15) is 64.0 Å². The van der Waals surface area contributed by atoms with E-state index in [2.05, 4.69) is 98.2 Å². The number of nitriles is 1. The molecule has 0 spiro atoms. The summed E-state index contributed by atoms with van der Waals surface area (Å²) < 4.78 is 0. The molecule has 3 nitrogen and oxygen atoms in total. The average Bonchev–Trinajstić information content (AvgIpc) is 2.84. The third-order valence-corrected chi connectivity index (χ3v) is 7.77. The predicted octanol–water partition coefficient (Wildman–Crippen LogP) is 6.33. The van der Waals surface area contributed by atoms with Crippen molar-refractivity contribution in [2.24, 2.45) is 11.8 Å². The van der Waals surface area contributed by atoms with Gasteiger partial charge in [-0.3, -0.25) is 0 Å². The van der Waals surface area contributed by atoms with Crippen LogP contribution in [0, 0.1) is 23.2 Å². The van der Waals surface area contributed by atoms with Crippen molar-refractivity contribution in [2.75, 3.05) is 39.3 Å². The third-order valence-electron chi connectivity index (χ3n) is 7.77. The van der Waals surface area contributed by atoms with E-state index in [9.17, 15) is 5.26 Å². The Bertz CT molecular complexity index is 847. The molecular weight excluding hydrogens is 402 g/mol.